The highest BCUT2D eigenvalue weighted by molar-refractivity contribution is 8.00. The van der Waals surface area contributed by atoms with E-state index >= 15 is 0 Å². The fourth-order valence-electron chi connectivity index (χ4n) is 10.7. The number of carbonyl (C=O) groups excluding carboxylic acids is 2. The highest BCUT2D eigenvalue weighted by Gasteiger charge is 2.34. The van der Waals surface area contributed by atoms with Crippen molar-refractivity contribution in [3.8, 4) is 11.5 Å². The van der Waals surface area contributed by atoms with Crippen LogP contribution in [0.15, 0.2) is 92.4 Å². The van der Waals surface area contributed by atoms with E-state index in [1.165, 1.54) is 255 Å². The predicted octanol–water partition coefficient (Wildman–Crippen LogP) is 21.6. The van der Waals surface area contributed by atoms with Crippen LogP contribution in [0.3, 0.4) is 0 Å². The molecule has 0 unspecified atom stereocenters. The van der Waals surface area contributed by atoms with Crippen molar-refractivity contribution < 1.29 is 19.1 Å². The zero-order chi connectivity index (χ0) is 53.7. The Morgan fingerprint density at radius 2 is 0.605 bits per heavy atom. The van der Waals surface area contributed by atoms with Crippen molar-refractivity contribution in [2.75, 3.05) is 24.7 Å². The molecule has 6 nitrogen and oxygen atoms in total. The summed E-state index contributed by atoms with van der Waals surface area (Å²) in [5.41, 5.74) is 16.0. The normalized spacial score (nSPS) is 12.1. The van der Waals surface area contributed by atoms with Crippen molar-refractivity contribution >= 4 is 46.5 Å². The maximum Gasteiger partial charge on any atom is 0.196 e. The van der Waals surface area contributed by atoms with Crippen LogP contribution in [0.5, 0.6) is 11.5 Å². The van der Waals surface area contributed by atoms with E-state index < -0.39 is 0 Å². The van der Waals surface area contributed by atoms with Crippen LogP contribution < -0.4 is 20.9 Å². The summed E-state index contributed by atoms with van der Waals surface area (Å²) in [5.74, 6) is 1.16. The monoisotopic (exact) mass is 1070 g/mol. The number of nitrogens with two attached hydrogens (primary N) is 2. The molecule has 1 aliphatic carbocycles. The molecule has 0 heterocycles. The zero-order valence-corrected chi connectivity index (χ0v) is 49.4. The van der Waals surface area contributed by atoms with Gasteiger partial charge in [-0.25, -0.2) is 0 Å². The fraction of sp³-hybridized carbons (Fsp3) is 0.618. The first-order valence-electron chi connectivity index (χ1n) is 31.2. The maximum atomic E-state index is 14.6. The van der Waals surface area contributed by atoms with Crippen molar-refractivity contribution in [1.29, 1.82) is 0 Å². The van der Waals surface area contributed by atoms with Crippen LogP contribution in [0.2, 0.25) is 0 Å². The van der Waals surface area contributed by atoms with Gasteiger partial charge < -0.3 is 20.9 Å². The lowest BCUT2D eigenvalue weighted by molar-refractivity contribution is 0.0974. The van der Waals surface area contributed by atoms with Gasteiger partial charge in [-0.05, 0) is 49.2 Å². The maximum absolute atomic E-state index is 14.6. The first-order valence-corrected chi connectivity index (χ1v) is 32.8. The molecule has 4 aromatic carbocycles. The summed E-state index contributed by atoms with van der Waals surface area (Å²) in [7, 11) is 0. The van der Waals surface area contributed by atoms with E-state index in [1.54, 1.807) is 12.1 Å². The number of benzene rings is 4. The van der Waals surface area contributed by atoms with Gasteiger partial charge in [0, 0.05) is 65.3 Å². The lowest BCUT2D eigenvalue weighted by Crippen LogP contribution is -2.22. The third-order valence-electron chi connectivity index (χ3n) is 15.4. The molecule has 0 saturated heterocycles. The van der Waals surface area contributed by atoms with Gasteiger partial charge in [0.15, 0.2) is 11.6 Å². The lowest BCUT2D eigenvalue weighted by Gasteiger charge is -2.22. The largest absolute Gasteiger partial charge is 0.494 e. The van der Waals surface area contributed by atoms with Crippen molar-refractivity contribution in [3.63, 3.8) is 0 Å². The average Bonchev–Trinajstić information content (AvgIpc) is 3.49. The van der Waals surface area contributed by atoms with Gasteiger partial charge in [-0.2, -0.15) is 0 Å². The molecule has 0 spiro atoms. The summed E-state index contributed by atoms with van der Waals surface area (Å²) < 4.78 is 12.2. The second-order valence-corrected chi connectivity index (χ2v) is 24.2. The number of fused-ring (bicyclic) bond motifs is 2. The second kappa shape index (κ2) is 39.5. The standard InChI is InChI=1S/C68H102N2O4S2/c1-3-5-7-9-11-13-15-17-19-21-23-25-27-29-31-33-35-37-39-51-73-55-47-49-61(59(69)53-55)75-63-45-41-43-57-65(63)68(72)66-58(67(57)71)44-42-46-64(66)76-62-50-48-56(54-60(62)70)74-52-40-38-36-34-32-30-28-26-24-22-20-18-16-14-12-10-8-6-4-2/h41-50,53-54H,3-40,51-52,69-70H2,1-2H3. The van der Waals surface area contributed by atoms with Crippen LogP contribution in [0.4, 0.5) is 11.4 Å². The predicted molar refractivity (Wildman–Crippen MR) is 327 cm³/mol. The molecule has 0 amide bonds. The van der Waals surface area contributed by atoms with E-state index in [1.807, 2.05) is 60.7 Å². The molecule has 0 atom stereocenters. The number of hydrogen-bond acceptors (Lipinski definition) is 8. The first-order chi connectivity index (χ1) is 37.4. The van der Waals surface area contributed by atoms with Gasteiger partial charge in [-0.15, -0.1) is 0 Å². The molecular weight excluding hydrogens is 973 g/mol. The minimum absolute atomic E-state index is 0.160. The Kier molecular flexibility index (Phi) is 32.7. The van der Waals surface area contributed by atoms with Crippen molar-refractivity contribution in [2.45, 2.75) is 277 Å². The van der Waals surface area contributed by atoms with Gasteiger partial charge in [0.05, 0.1) is 13.2 Å². The van der Waals surface area contributed by atoms with Crippen LogP contribution in [0.1, 0.15) is 290 Å². The second-order valence-electron chi connectivity index (χ2n) is 22.0. The van der Waals surface area contributed by atoms with Crippen LogP contribution in [0.25, 0.3) is 0 Å². The molecule has 420 valence electrons. The molecule has 76 heavy (non-hydrogen) atoms. The van der Waals surface area contributed by atoms with Gasteiger partial charge in [0.25, 0.3) is 0 Å². The molecule has 0 bridgehead atoms. The number of hydrogen-bond donors (Lipinski definition) is 2. The molecule has 0 fully saturated rings. The van der Waals surface area contributed by atoms with E-state index in [-0.39, 0.29) is 11.6 Å². The number of anilines is 2. The molecule has 0 aromatic heterocycles. The number of carbonyl (C=O) groups is 2. The SMILES string of the molecule is CCCCCCCCCCCCCCCCCCCCCOc1ccc(Sc2cccc3c2C(=O)c2c(Sc4ccc(OCCCCCCCCCCCCCCCCCCCCC)cc4N)cccc2C3=O)c(N)c1. The van der Waals surface area contributed by atoms with E-state index in [9.17, 15) is 9.59 Å². The van der Waals surface area contributed by atoms with Crippen LogP contribution in [-0.4, -0.2) is 24.8 Å². The number of nitrogen functional groups attached to an aromatic ring is 2. The molecule has 0 saturated carbocycles. The molecule has 8 heteroatoms. The summed E-state index contributed by atoms with van der Waals surface area (Å²) in [4.78, 5) is 31.6. The van der Waals surface area contributed by atoms with E-state index in [2.05, 4.69) is 13.8 Å². The van der Waals surface area contributed by atoms with Gasteiger partial charge in [0.2, 0.25) is 0 Å². The third kappa shape index (κ3) is 24.0. The third-order valence-corrected chi connectivity index (χ3v) is 17.7. The molecule has 5 rings (SSSR count). The Balaban J connectivity index is 0.956. The van der Waals surface area contributed by atoms with Gasteiger partial charge in [-0.1, -0.05) is 293 Å². The van der Waals surface area contributed by atoms with Gasteiger partial charge in [0.1, 0.15) is 11.5 Å². The van der Waals surface area contributed by atoms with E-state index in [0.717, 1.165) is 34.1 Å². The highest BCUT2D eigenvalue weighted by Crippen LogP contribution is 2.44. The van der Waals surface area contributed by atoms with E-state index in [4.69, 9.17) is 20.9 Å². The summed E-state index contributed by atoms with van der Waals surface area (Å²) in [5, 5.41) is 0. The summed E-state index contributed by atoms with van der Waals surface area (Å²) in [6.45, 7) is 5.91. The number of ketones is 2. The van der Waals surface area contributed by atoms with Crippen LogP contribution in [0, 0.1) is 0 Å². The number of ether oxygens (including phenoxy) is 2. The minimum atomic E-state index is -0.174. The summed E-state index contributed by atoms with van der Waals surface area (Å²) in [6.07, 6.45) is 51.7. The Labute approximate surface area is 471 Å². The highest BCUT2D eigenvalue weighted by atomic mass is 32.2. The van der Waals surface area contributed by atoms with Gasteiger partial charge >= 0.3 is 0 Å². The van der Waals surface area contributed by atoms with Crippen molar-refractivity contribution in [1.82, 2.24) is 0 Å². The van der Waals surface area contributed by atoms with Gasteiger partial charge in [-0.3, -0.25) is 9.59 Å². The smallest absolute Gasteiger partial charge is 0.196 e. The summed E-state index contributed by atoms with van der Waals surface area (Å²) >= 11 is 2.82. The summed E-state index contributed by atoms with van der Waals surface area (Å²) in [6, 6.07) is 22.5. The average molecular weight is 1080 g/mol. The zero-order valence-electron chi connectivity index (χ0n) is 47.8. The number of rotatable bonds is 46. The molecule has 4 N–H and O–H groups in total. The molecule has 4 aromatic rings. The quantitative estimate of drug-likeness (QED) is 0.0293. The van der Waals surface area contributed by atoms with Crippen LogP contribution >= 0.6 is 23.5 Å². The molecular formula is C68H102N2O4S2. The Hall–Kier alpha value is -3.88. The molecule has 0 aliphatic heterocycles. The first kappa shape index (κ1) is 63.0. The Morgan fingerprint density at radius 1 is 0.329 bits per heavy atom. The minimum Gasteiger partial charge on any atom is -0.494 e. The molecule has 1 aliphatic rings. The Morgan fingerprint density at radius 3 is 0.882 bits per heavy atom. The topological polar surface area (TPSA) is 105 Å². The molecule has 0 radical (unpaired) electrons. The van der Waals surface area contributed by atoms with Crippen LogP contribution in [-0.2, 0) is 0 Å². The fourth-order valence-corrected chi connectivity index (χ4v) is 12.7. The Bertz CT molecular complexity index is 2070. The number of unbranched alkanes of at least 4 members (excludes halogenated alkanes) is 36. The van der Waals surface area contributed by atoms with Crippen molar-refractivity contribution in [2.24, 2.45) is 0 Å². The van der Waals surface area contributed by atoms with Crippen molar-refractivity contribution in [3.05, 3.63) is 95.1 Å². The lowest BCUT2D eigenvalue weighted by atomic mass is 9.84. The van der Waals surface area contributed by atoms with E-state index in [0.29, 0.717) is 56.6 Å².